The van der Waals surface area contributed by atoms with E-state index in [0.29, 0.717) is 18.5 Å². The molecular weight excluding hydrogens is 336 g/mol. The molecule has 1 fully saturated rings. The van der Waals surface area contributed by atoms with Crippen LogP contribution >= 0.6 is 0 Å². The Bertz CT molecular complexity index is 732. The minimum atomic E-state index is 0.473. The second-order valence-electron chi connectivity index (χ2n) is 7.13. The van der Waals surface area contributed by atoms with Crippen molar-refractivity contribution in [3.63, 3.8) is 0 Å². The van der Waals surface area contributed by atoms with Crippen LogP contribution in [-0.2, 0) is 17.8 Å². The molecule has 1 unspecified atom stereocenters. The van der Waals surface area contributed by atoms with E-state index in [1.165, 1.54) is 12.0 Å². The van der Waals surface area contributed by atoms with Gasteiger partial charge in [-0.1, -0.05) is 48.5 Å². The summed E-state index contributed by atoms with van der Waals surface area (Å²) in [5.74, 6) is 1.05. The van der Waals surface area contributed by atoms with E-state index in [-0.39, 0.29) is 0 Å². The van der Waals surface area contributed by atoms with E-state index in [1.807, 2.05) is 24.3 Å². The zero-order chi connectivity index (χ0) is 18.9. The molecule has 1 saturated heterocycles. The van der Waals surface area contributed by atoms with Gasteiger partial charge < -0.3 is 20.7 Å². The quantitative estimate of drug-likeness (QED) is 0.557. The number of anilines is 1. The lowest BCUT2D eigenvalue weighted by atomic mass is 10.1. The Kier molecular flexibility index (Phi) is 7.25. The van der Waals surface area contributed by atoms with Gasteiger partial charge in [0, 0.05) is 38.0 Å². The van der Waals surface area contributed by atoms with Crippen molar-refractivity contribution in [2.45, 2.75) is 19.4 Å². The average molecular weight is 367 g/mol. The fraction of sp³-hybridized carbons (Fsp3) is 0.409. The van der Waals surface area contributed by atoms with E-state index < -0.39 is 0 Å². The summed E-state index contributed by atoms with van der Waals surface area (Å²) in [6.07, 6.45) is 2.29. The largest absolute Gasteiger partial charge is 0.380 e. The number of nitrogens with one attached hydrogen (secondary N) is 1. The van der Waals surface area contributed by atoms with Crippen molar-refractivity contribution in [1.29, 1.82) is 0 Å². The van der Waals surface area contributed by atoms with Crippen molar-refractivity contribution in [1.82, 2.24) is 4.90 Å². The molecule has 0 spiro atoms. The van der Waals surface area contributed by atoms with Crippen LogP contribution in [0.2, 0.25) is 0 Å². The molecule has 0 radical (unpaired) electrons. The number of nitrogens with two attached hydrogens (primary N) is 1. The minimum absolute atomic E-state index is 0.473. The van der Waals surface area contributed by atoms with Gasteiger partial charge in [-0.15, -0.1) is 0 Å². The Morgan fingerprint density at radius 3 is 2.78 bits per heavy atom. The van der Waals surface area contributed by atoms with Crippen LogP contribution < -0.4 is 11.1 Å². The molecular formula is C22H30N4O. The molecule has 0 amide bonds. The van der Waals surface area contributed by atoms with Crippen molar-refractivity contribution < 1.29 is 4.74 Å². The number of likely N-dealkylation sites (tertiary alicyclic amines) is 1. The maximum absolute atomic E-state index is 6.10. The van der Waals surface area contributed by atoms with Gasteiger partial charge in [0.1, 0.15) is 0 Å². The molecule has 0 bridgehead atoms. The summed E-state index contributed by atoms with van der Waals surface area (Å²) in [4.78, 5) is 7.10. The summed E-state index contributed by atoms with van der Waals surface area (Å²) in [6.45, 7) is 4.69. The van der Waals surface area contributed by atoms with Gasteiger partial charge in [0.2, 0.25) is 0 Å². The third kappa shape index (κ3) is 6.08. The lowest BCUT2D eigenvalue weighted by Gasteiger charge is -2.15. The Labute approximate surface area is 162 Å². The summed E-state index contributed by atoms with van der Waals surface area (Å²) >= 11 is 0. The average Bonchev–Trinajstić information content (AvgIpc) is 3.15. The van der Waals surface area contributed by atoms with Gasteiger partial charge in [-0.25, -0.2) is 0 Å². The number of hydrogen-bond acceptors (Lipinski definition) is 3. The number of para-hydroxylation sites is 1. The molecule has 0 aromatic heterocycles. The molecule has 27 heavy (non-hydrogen) atoms. The van der Waals surface area contributed by atoms with E-state index in [9.17, 15) is 0 Å². The van der Waals surface area contributed by atoms with Crippen LogP contribution in [0.5, 0.6) is 0 Å². The molecule has 3 N–H and O–H groups in total. The highest BCUT2D eigenvalue weighted by molar-refractivity contribution is 5.92. The third-order valence-electron chi connectivity index (χ3n) is 5.03. The molecule has 0 saturated carbocycles. The van der Waals surface area contributed by atoms with E-state index in [4.69, 9.17) is 10.5 Å². The molecule has 1 heterocycles. The lowest BCUT2D eigenvalue weighted by molar-refractivity contribution is 0.185. The normalized spacial score (nSPS) is 18.0. The smallest absolute Gasteiger partial charge is 0.193 e. The maximum Gasteiger partial charge on any atom is 0.193 e. The monoisotopic (exact) mass is 366 g/mol. The number of methoxy groups -OCH3 is 1. The number of rotatable bonds is 8. The lowest BCUT2D eigenvalue weighted by Crippen LogP contribution is -2.26. The van der Waals surface area contributed by atoms with E-state index in [0.717, 1.165) is 43.9 Å². The fourth-order valence-electron chi connectivity index (χ4n) is 3.53. The number of benzene rings is 2. The summed E-state index contributed by atoms with van der Waals surface area (Å²) < 4.78 is 5.23. The van der Waals surface area contributed by atoms with Crippen LogP contribution in [-0.4, -0.2) is 44.1 Å². The zero-order valence-electron chi connectivity index (χ0n) is 16.1. The molecule has 5 heteroatoms. The predicted octanol–water partition coefficient (Wildman–Crippen LogP) is 3.12. The fourth-order valence-corrected chi connectivity index (χ4v) is 3.53. The number of nitrogens with zero attached hydrogens (tertiary/aromatic N) is 2. The Hall–Kier alpha value is -2.37. The zero-order valence-corrected chi connectivity index (χ0v) is 16.1. The third-order valence-corrected chi connectivity index (χ3v) is 5.03. The SMILES string of the molecule is COCc1ccccc1NC(N)=NCC1CCN(CCc2ccccc2)C1. The highest BCUT2D eigenvalue weighted by atomic mass is 16.5. The Morgan fingerprint density at radius 2 is 1.96 bits per heavy atom. The van der Waals surface area contributed by atoms with Crippen LogP contribution in [0.3, 0.4) is 0 Å². The first-order valence-electron chi connectivity index (χ1n) is 9.64. The van der Waals surface area contributed by atoms with Crippen molar-refractivity contribution in [2.24, 2.45) is 16.6 Å². The van der Waals surface area contributed by atoms with Crippen LogP contribution in [0.4, 0.5) is 5.69 Å². The summed E-state index contributed by atoms with van der Waals surface area (Å²) in [5, 5.41) is 3.21. The molecule has 1 aliphatic heterocycles. The molecule has 0 aliphatic carbocycles. The van der Waals surface area contributed by atoms with Gasteiger partial charge in [-0.05, 0) is 36.9 Å². The van der Waals surface area contributed by atoms with Gasteiger partial charge >= 0.3 is 0 Å². The predicted molar refractivity (Wildman–Crippen MR) is 112 cm³/mol. The minimum Gasteiger partial charge on any atom is -0.380 e. The van der Waals surface area contributed by atoms with E-state index >= 15 is 0 Å². The van der Waals surface area contributed by atoms with Crippen LogP contribution in [0.25, 0.3) is 0 Å². The molecule has 3 rings (SSSR count). The van der Waals surface area contributed by atoms with Crippen molar-refractivity contribution >= 4 is 11.6 Å². The van der Waals surface area contributed by atoms with Crippen molar-refractivity contribution in [3.05, 3.63) is 65.7 Å². The number of guanidine groups is 1. The number of hydrogen-bond donors (Lipinski definition) is 2. The first-order valence-corrected chi connectivity index (χ1v) is 9.64. The standard InChI is InChI=1S/C22H30N4O/c1-27-17-20-9-5-6-10-21(20)25-22(23)24-15-19-12-14-26(16-19)13-11-18-7-3-2-4-8-18/h2-10,19H,11-17H2,1H3,(H3,23,24,25). The van der Waals surface area contributed by atoms with Gasteiger partial charge in [0.25, 0.3) is 0 Å². The van der Waals surface area contributed by atoms with Crippen LogP contribution in [0.15, 0.2) is 59.6 Å². The van der Waals surface area contributed by atoms with Crippen LogP contribution in [0.1, 0.15) is 17.5 Å². The van der Waals surface area contributed by atoms with E-state index in [2.05, 4.69) is 45.5 Å². The molecule has 1 atom stereocenters. The number of ether oxygens (including phenoxy) is 1. The molecule has 144 valence electrons. The van der Waals surface area contributed by atoms with Crippen molar-refractivity contribution in [3.8, 4) is 0 Å². The van der Waals surface area contributed by atoms with Gasteiger partial charge in [0.15, 0.2) is 5.96 Å². The highest BCUT2D eigenvalue weighted by Crippen LogP contribution is 2.18. The first-order chi connectivity index (χ1) is 13.2. The topological polar surface area (TPSA) is 62.9 Å². The molecule has 2 aromatic carbocycles. The second kappa shape index (κ2) is 10.1. The summed E-state index contributed by atoms with van der Waals surface area (Å²) in [6, 6.07) is 18.7. The van der Waals surface area contributed by atoms with Crippen molar-refractivity contribution in [2.75, 3.05) is 38.6 Å². The summed E-state index contributed by atoms with van der Waals surface area (Å²) in [7, 11) is 1.69. The van der Waals surface area contributed by atoms with Crippen LogP contribution in [0, 0.1) is 5.92 Å². The maximum atomic E-state index is 6.10. The number of aliphatic imine (C=N–C) groups is 1. The Morgan fingerprint density at radius 1 is 1.19 bits per heavy atom. The molecule has 1 aliphatic rings. The highest BCUT2D eigenvalue weighted by Gasteiger charge is 2.21. The van der Waals surface area contributed by atoms with Gasteiger partial charge in [0.05, 0.1) is 6.61 Å². The molecule has 5 nitrogen and oxygen atoms in total. The Balaban J connectivity index is 1.44. The van der Waals surface area contributed by atoms with Gasteiger partial charge in [-0.3, -0.25) is 4.99 Å². The van der Waals surface area contributed by atoms with Gasteiger partial charge in [-0.2, -0.15) is 0 Å². The summed E-state index contributed by atoms with van der Waals surface area (Å²) in [5.41, 5.74) is 9.54. The second-order valence-corrected chi connectivity index (χ2v) is 7.13. The van der Waals surface area contributed by atoms with E-state index in [1.54, 1.807) is 7.11 Å². The molecule has 2 aromatic rings. The first kappa shape index (κ1) is 19.4.